The van der Waals surface area contributed by atoms with Crippen LogP contribution in [0.3, 0.4) is 0 Å². The molecule has 1 aliphatic heterocycles. The van der Waals surface area contributed by atoms with Crippen LogP contribution in [0.4, 0.5) is 4.39 Å². The second kappa shape index (κ2) is 6.13. The Kier molecular flexibility index (Phi) is 4.06. The van der Waals surface area contributed by atoms with Crippen LogP contribution in [0.5, 0.6) is 11.5 Å². The van der Waals surface area contributed by atoms with Crippen LogP contribution in [0, 0.1) is 5.82 Å². The van der Waals surface area contributed by atoms with E-state index in [0.29, 0.717) is 17.1 Å². The highest BCUT2D eigenvalue weighted by Gasteiger charge is 2.15. The van der Waals surface area contributed by atoms with E-state index in [1.165, 1.54) is 12.3 Å². The van der Waals surface area contributed by atoms with Gasteiger partial charge in [0, 0.05) is 15.6 Å². The second-order valence-corrected chi connectivity index (χ2v) is 5.18. The molecule has 0 aliphatic carbocycles. The quantitative estimate of drug-likeness (QED) is 0.620. The summed E-state index contributed by atoms with van der Waals surface area (Å²) in [5.41, 5.74) is 1.24. The Morgan fingerprint density at radius 1 is 1.24 bits per heavy atom. The van der Waals surface area contributed by atoms with Crippen molar-refractivity contribution in [2.24, 2.45) is 5.16 Å². The average Bonchev–Trinajstić information content (AvgIpc) is 2.92. The third kappa shape index (κ3) is 3.16. The van der Waals surface area contributed by atoms with E-state index in [1.54, 1.807) is 30.3 Å². The highest BCUT2D eigenvalue weighted by molar-refractivity contribution is 9.10. The molecule has 6 heteroatoms. The first kappa shape index (κ1) is 13.9. The maximum atomic E-state index is 13.4. The van der Waals surface area contributed by atoms with Crippen molar-refractivity contribution in [1.29, 1.82) is 0 Å². The van der Waals surface area contributed by atoms with Gasteiger partial charge >= 0.3 is 0 Å². The smallest absolute Gasteiger partial charge is 0.231 e. The fourth-order valence-electron chi connectivity index (χ4n) is 1.85. The van der Waals surface area contributed by atoms with E-state index < -0.39 is 0 Å². The van der Waals surface area contributed by atoms with Gasteiger partial charge in [0.1, 0.15) is 12.4 Å². The third-order valence-corrected chi connectivity index (χ3v) is 3.62. The Hall–Kier alpha value is -2.08. The molecule has 0 unspecified atom stereocenters. The zero-order valence-corrected chi connectivity index (χ0v) is 12.5. The molecule has 4 nitrogen and oxygen atoms in total. The fraction of sp³-hybridized carbons (Fsp3) is 0.133. The lowest BCUT2D eigenvalue weighted by Crippen LogP contribution is -1.93. The van der Waals surface area contributed by atoms with Crippen molar-refractivity contribution >= 4 is 22.1 Å². The molecule has 3 rings (SSSR count). The van der Waals surface area contributed by atoms with Crippen molar-refractivity contribution in [3.8, 4) is 11.5 Å². The summed E-state index contributed by atoms with van der Waals surface area (Å²) in [6, 6.07) is 10.0. The first-order valence-corrected chi connectivity index (χ1v) is 7.01. The lowest BCUT2D eigenvalue weighted by molar-refractivity contribution is 0.129. The Morgan fingerprint density at radius 2 is 2.00 bits per heavy atom. The van der Waals surface area contributed by atoms with Gasteiger partial charge in [0.05, 0.1) is 6.21 Å². The summed E-state index contributed by atoms with van der Waals surface area (Å²) in [6.07, 6.45) is 1.53. The summed E-state index contributed by atoms with van der Waals surface area (Å²) in [5, 5.41) is 3.85. The molecule has 2 aromatic carbocycles. The van der Waals surface area contributed by atoms with E-state index in [-0.39, 0.29) is 19.2 Å². The van der Waals surface area contributed by atoms with Crippen LogP contribution >= 0.6 is 15.9 Å². The van der Waals surface area contributed by atoms with E-state index in [2.05, 4.69) is 21.1 Å². The number of halogens is 2. The largest absolute Gasteiger partial charge is 0.454 e. The number of fused-ring (bicyclic) bond motifs is 1. The summed E-state index contributed by atoms with van der Waals surface area (Å²) in [5.74, 6) is 1.04. The molecule has 108 valence electrons. The molecular weight excluding hydrogens is 341 g/mol. The molecule has 0 atom stereocenters. The van der Waals surface area contributed by atoms with Crippen LogP contribution in [0.15, 0.2) is 46.0 Å². The molecule has 0 radical (unpaired) electrons. The van der Waals surface area contributed by atoms with Gasteiger partial charge < -0.3 is 14.3 Å². The van der Waals surface area contributed by atoms with Crippen molar-refractivity contribution in [3.05, 3.63) is 57.8 Å². The summed E-state index contributed by atoms with van der Waals surface area (Å²) in [4.78, 5) is 5.12. The SMILES string of the molecule is Fc1ccccc1CO/N=C/c1cc2c(cc1Br)OCO2. The highest BCUT2D eigenvalue weighted by Crippen LogP contribution is 2.36. The molecule has 0 spiro atoms. The normalized spacial score (nSPS) is 12.9. The monoisotopic (exact) mass is 351 g/mol. The molecule has 0 N–H and O–H groups in total. The van der Waals surface area contributed by atoms with Crippen molar-refractivity contribution in [1.82, 2.24) is 0 Å². The topological polar surface area (TPSA) is 40.0 Å². The molecule has 1 aliphatic rings. The third-order valence-electron chi connectivity index (χ3n) is 2.94. The maximum absolute atomic E-state index is 13.4. The van der Waals surface area contributed by atoms with Crippen LogP contribution < -0.4 is 9.47 Å². The second-order valence-electron chi connectivity index (χ2n) is 4.33. The number of oxime groups is 1. The number of benzene rings is 2. The van der Waals surface area contributed by atoms with Gasteiger partial charge in [0.25, 0.3) is 0 Å². The fourth-order valence-corrected chi connectivity index (χ4v) is 2.27. The average molecular weight is 352 g/mol. The molecule has 0 saturated heterocycles. The standard InChI is InChI=1S/C15H11BrFNO3/c16-12-6-15-14(19-9-20-15)5-11(12)7-18-21-8-10-3-1-2-4-13(10)17/h1-7H,8-9H2/b18-7+. The van der Waals surface area contributed by atoms with Crippen LogP contribution in [0.2, 0.25) is 0 Å². The first-order chi connectivity index (χ1) is 10.2. The zero-order chi connectivity index (χ0) is 14.7. The molecule has 0 fully saturated rings. The van der Waals surface area contributed by atoms with Crippen LogP contribution in [-0.4, -0.2) is 13.0 Å². The molecule has 0 aromatic heterocycles. The lowest BCUT2D eigenvalue weighted by atomic mass is 10.2. The summed E-state index contributed by atoms with van der Waals surface area (Å²) in [6.45, 7) is 0.289. The molecule has 0 amide bonds. The minimum atomic E-state index is -0.308. The summed E-state index contributed by atoms with van der Waals surface area (Å²) in [7, 11) is 0. The maximum Gasteiger partial charge on any atom is 0.231 e. The molecule has 1 heterocycles. The minimum absolute atomic E-state index is 0.0747. The van der Waals surface area contributed by atoms with Gasteiger partial charge in [-0.15, -0.1) is 0 Å². The van der Waals surface area contributed by atoms with E-state index in [9.17, 15) is 4.39 Å². The molecule has 21 heavy (non-hydrogen) atoms. The Labute approximate surface area is 129 Å². The highest BCUT2D eigenvalue weighted by atomic mass is 79.9. The Morgan fingerprint density at radius 3 is 2.81 bits per heavy atom. The number of rotatable bonds is 4. The van der Waals surface area contributed by atoms with Gasteiger partial charge in [-0.25, -0.2) is 4.39 Å². The molecule has 0 bridgehead atoms. The van der Waals surface area contributed by atoms with Crippen molar-refractivity contribution in [3.63, 3.8) is 0 Å². The molecule has 2 aromatic rings. The number of hydrogen-bond donors (Lipinski definition) is 0. The van der Waals surface area contributed by atoms with Crippen molar-refractivity contribution in [2.45, 2.75) is 6.61 Å². The van der Waals surface area contributed by atoms with Gasteiger partial charge in [-0.3, -0.25) is 0 Å². The van der Waals surface area contributed by atoms with Gasteiger partial charge in [-0.1, -0.05) is 23.4 Å². The zero-order valence-electron chi connectivity index (χ0n) is 10.9. The summed E-state index contributed by atoms with van der Waals surface area (Å²) >= 11 is 3.42. The van der Waals surface area contributed by atoms with Crippen LogP contribution in [-0.2, 0) is 11.4 Å². The van der Waals surface area contributed by atoms with Crippen molar-refractivity contribution in [2.75, 3.05) is 6.79 Å². The Balaban J connectivity index is 1.66. The van der Waals surface area contributed by atoms with Crippen molar-refractivity contribution < 1.29 is 18.7 Å². The van der Waals surface area contributed by atoms with E-state index in [0.717, 1.165) is 10.0 Å². The lowest BCUT2D eigenvalue weighted by Gasteiger charge is -2.03. The number of hydrogen-bond acceptors (Lipinski definition) is 4. The van der Waals surface area contributed by atoms with Crippen LogP contribution in [0.25, 0.3) is 0 Å². The first-order valence-electron chi connectivity index (χ1n) is 6.22. The number of nitrogens with zero attached hydrogens (tertiary/aromatic N) is 1. The van der Waals surface area contributed by atoms with E-state index in [1.807, 2.05) is 0 Å². The van der Waals surface area contributed by atoms with Gasteiger partial charge in [-0.05, 0) is 34.1 Å². The molecular formula is C15H11BrFNO3. The Bertz CT molecular complexity index is 691. The predicted molar refractivity (Wildman–Crippen MR) is 79.0 cm³/mol. The summed E-state index contributed by atoms with van der Waals surface area (Å²) < 4.78 is 24.7. The van der Waals surface area contributed by atoms with Gasteiger partial charge in [0.2, 0.25) is 6.79 Å². The minimum Gasteiger partial charge on any atom is -0.454 e. The van der Waals surface area contributed by atoms with Crippen LogP contribution in [0.1, 0.15) is 11.1 Å². The van der Waals surface area contributed by atoms with E-state index >= 15 is 0 Å². The molecule has 0 saturated carbocycles. The van der Waals surface area contributed by atoms with Gasteiger partial charge in [0.15, 0.2) is 11.5 Å². The van der Waals surface area contributed by atoms with Gasteiger partial charge in [-0.2, -0.15) is 0 Å². The predicted octanol–water partition coefficient (Wildman–Crippen LogP) is 3.87. The number of ether oxygens (including phenoxy) is 2. The van der Waals surface area contributed by atoms with E-state index in [4.69, 9.17) is 14.3 Å².